The average Bonchev–Trinajstić information content (AvgIpc) is 2.38. The summed E-state index contributed by atoms with van der Waals surface area (Å²) in [4.78, 5) is 5.40. The van der Waals surface area contributed by atoms with Gasteiger partial charge in [0, 0.05) is 6.07 Å². The Kier molecular flexibility index (Phi) is 3.28. The standard InChI is InChI=1S/C13H13NO2/c1-15-12-8-5-9-13(10-12)16-14-11-6-3-2-4-7-11/h2-10,14H,1H3. The Morgan fingerprint density at radius 1 is 0.875 bits per heavy atom. The molecule has 0 aromatic heterocycles. The average molecular weight is 215 g/mol. The Bertz CT molecular complexity index is 443. The molecule has 0 saturated carbocycles. The highest BCUT2D eigenvalue weighted by molar-refractivity contribution is 5.42. The van der Waals surface area contributed by atoms with E-state index in [1.54, 1.807) is 7.11 Å². The molecule has 0 amide bonds. The summed E-state index contributed by atoms with van der Waals surface area (Å²) in [6.07, 6.45) is 0. The van der Waals surface area contributed by atoms with E-state index in [0.717, 1.165) is 11.4 Å². The van der Waals surface area contributed by atoms with Gasteiger partial charge in [0.25, 0.3) is 0 Å². The van der Waals surface area contributed by atoms with E-state index in [1.807, 2.05) is 54.6 Å². The molecule has 0 saturated heterocycles. The number of ether oxygens (including phenoxy) is 1. The van der Waals surface area contributed by atoms with Crippen molar-refractivity contribution < 1.29 is 9.57 Å². The van der Waals surface area contributed by atoms with Gasteiger partial charge in [-0.3, -0.25) is 0 Å². The molecule has 0 aliphatic heterocycles. The maximum Gasteiger partial charge on any atom is 0.158 e. The first-order valence-electron chi connectivity index (χ1n) is 5.00. The Hall–Kier alpha value is -2.16. The third-order valence-corrected chi connectivity index (χ3v) is 2.10. The SMILES string of the molecule is COc1cccc(ONc2ccccc2)c1. The Balaban J connectivity index is 1.99. The maximum atomic E-state index is 5.40. The zero-order valence-electron chi connectivity index (χ0n) is 9.01. The molecule has 0 bridgehead atoms. The summed E-state index contributed by atoms with van der Waals surface area (Å²) in [6.45, 7) is 0. The monoisotopic (exact) mass is 215 g/mol. The first-order chi connectivity index (χ1) is 7.88. The molecule has 3 heteroatoms. The minimum absolute atomic E-state index is 0.711. The Morgan fingerprint density at radius 2 is 1.62 bits per heavy atom. The summed E-state index contributed by atoms with van der Waals surface area (Å²) in [6, 6.07) is 17.1. The number of hydrogen-bond acceptors (Lipinski definition) is 3. The summed E-state index contributed by atoms with van der Waals surface area (Å²) in [5, 5.41) is 0. The van der Waals surface area contributed by atoms with Gasteiger partial charge in [0.05, 0.1) is 12.8 Å². The number of anilines is 1. The van der Waals surface area contributed by atoms with Gasteiger partial charge in [-0.2, -0.15) is 0 Å². The van der Waals surface area contributed by atoms with E-state index >= 15 is 0 Å². The molecule has 16 heavy (non-hydrogen) atoms. The van der Waals surface area contributed by atoms with Gasteiger partial charge in [0.15, 0.2) is 5.75 Å². The predicted octanol–water partition coefficient (Wildman–Crippen LogP) is 3.10. The largest absolute Gasteiger partial charge is 0.497 e. The molecule has 2 aromatic rings. The van der Waals surface area contributed by atoms with Crippen molar-refractivity contribution in [3.63, 3.8) is 0 Å². The number of para-hydroxylation sites is 1. The molecule has 0 aliphatic rings. The van der Waals surface area contributed by atoms with Crippen LogP contribution in [0.5, 0.6) is 11.5 Å². The minimum Gasteiger partial charge on any atom is -0.497 e. The second kappa shape index (κ2) is 5.07. The van der Waals surface area contributed by atoms with Crippen LogP contribution in [0.4, 0.5) is 5.69 Å². The van der Waals surface area contributed by atoms with Crippen LogP contribution in [-0.2, 0) is 0 Å². The van der Waals surface area contributed by atoms with E-state index in [1.165, 1.54) is 0 Å². The van der Waals surface area contributed by atoms with Crippen molar-refractivity contribution >= 4 is 5.69 Å². The van der Waals surface area contributed by atoms with E-state index < -0.39 is 0 Å². The van der Waals surface area contributed by atoms with E-state index in [2.05, 4.69) is 5.48 Å². The number of methoxy groups -OCH3 is 1. The molecular weight excluding hydrogens is 202 g/mol. The lowest BCUT2D eigenvalue weighted by atomic mass is 10.3. The summed E-state index contributed by atoms with van der Waals surface area (Å²) in [5.41, 5.74) is 3.76. The number of benzene rings is 2. The van der Waals surface area contributed by atoms with Gasteiger partial charge in [-0.15, -0.1) is 0 Å². The van der Waals surface area contributed by atoms with Crippen LogP contribution in [0.25, 0.3) is 0 Å². The fraction of sp³-hybridized carbons (Fsp3) is 0.0769. The van der Waals surface area contributed by atoms with Crippen LogP contribution in [0.15, 0.2) is 54.6 Å². The molecule has 3 nitrogen and oxygen atoms in total. The molecule has 82 valence electrons. The summed E-state index contributed by atoms with van der Waals surface area (Å²) in [5.74, 6) is 1.48. The molecular formula is C13H13NO2. The number of rotatable bonds is 4. The van der Waals surface area contributed by atoms with Gasteiger partial charge >= 0.3 is 0 Å². The molecule has 2 aromatic carbocycles. The summed E-state index contributed by atoms with van der Waals surface area (Å²) < 4.78 is 5.10. The van der Waals surface area contributed by atoms with Crippen LogP contribution in [0.1, 0.15) is 0 Å². The van der Waals surface area contributed by atoms with Crippen LogP contribution < -0.4 is 15.1 Å². The van der Waals surface area contributed by atoms with Gasteiger partial charge < -0.3 is 9.57 Å². The fourth-order valence-corrected chi connectivity index (χ4v) is 1.29. The van der Waals surface area contributed by atoms with Crippen LogP contribution in [0, 0.1) is 0 Å². The van der Waals surface area contributed by atoms with Crippen LogP contribution in [0.2, 0.25) is 0 Å². The maximum absolute atomic E-state index is 5.40. The van der Waals surface area contributed by atoms with Gasteiger partial charge in [0.2, 0.25) is 0 Å². The molecule has 0 fully saturated rings. The topological polar surface area (TPSA) is 30.5 Å². The second-order valence-corrected chi connectivity index (χ2v) is 3.25. The van der Waals surface area contributed by atoms with Gasteiger partial charge in [-0.25, -0.2) is 5.48 Å². The number of nitrogens with one attached hydrogen (secondary N) is 1. The molecule has 0 heterocycles. The first kappa shape index (κ1) is 10.4. The van der Waals surface area contributed by atoms with Crippen molar-refractivity contribution in [3.05, 3.63) is 54.6 Å². The summed E-state index contributed by atoms with van der Waals surface area (Å²) >= 11 is 0. The Labute approximate surface area is 94.6 Å². The summed E-state index contributed by atoms with van der Waals surface area (Å²) in [7, 11) is 1.63. The van der Waals surface area contributed by atoms with Crippen molar-refractivity contribution in [2.75, 3.05) is 12.6 Å². The van der Waals surface area contributed by atoms with Crippen molar-refractivity contribution in [2.24, 2.45) is 0 Å². The number of hydrogen-bond donors (Lipinski definition) is 1. The molecule has 0 atom stereocenters. The highest BCUT2D eigenvalue weighted by Gasteiger charge is 1.96. The van der Waals surface area contributed by atoms with Crippen molar-refractivity contribution in [1.29, 1.82) is 0 Å². The van der Waals surface area contributed by atoms with E-state index in [4.69, 9.17) is 9.57 Å². The molecule has 0 aliphatic carbocycles. The van der Waals surface area contributed by atoms with Crippen LogP contribution in [-0.4, -0.2) is 7.11 Å². The van der Waals surface area contributed by atoms with Crippen LogP contribution >= 0.6 is 0 Å². The van der Waals surface area contributed by atoms with E-state index in [9.17, 15) is 0 Å². The van der Waals surface area contributed by atoms with E-state index in [-0.39, 0.29) is 0 Å². The highest BCUT2D eigenvalue weighted by Crippen LogP contribution is 2.19. The van der Waals surface area contributed by atoms with Crippen molar-refractivity contribution in [2.45, 2.75) is 0 Å². The third-order valence-electron chi connectivity index (χ3n) is 2.10. The normalized spacial score (nSPS) is 9.56. The lowest BCUT2D eigenvalue weighted by Crippen LogP contribution is -2.04. The Morgan fingerprint density at radius 3 is 2.38 bits per heavy atom. The molecule has 0 spiro atoms. The molecule has 0 unspecified atom stereocenters. The molecule has 2 rings (SSSR count). The zero-order valence-corrected chi connectivity index (χ0v) is 9.01. The van der Waals surface area contributed by atoms with Gasteiger partial charge in [0.1, 0.15) is 5.75 Å². The molecule has 1 N–H and O–H groups in total. The quantitative estimate of drug-likeness (QED) is 0.795. The fourth-order valence-electron chi connectivity index (χ4n) is 1.29. The van der Waals surface area contributed by atoms with Crippen molar-refractivity contribution in [3.8, 4) is 11.5 Å². The molecule has 0 radical (unpaired) electrons. The van der Waals surface area contributed by atoms with Gasteiger partial charge in [-0.1, -0.05) is 24.3 Å². The lowest BCUT2D eigenvalue weighted by Gasteiger charge is -2.08. The first-order valence-corrected chi connectivity index (χ1v) is 5.00. The lowest BCUT2D eigenvalue weighted by molar-refractivity contribution is 0.389. The second-order valence-electron chi connectivity index (χ2n) is 3.25. The van der Waals surface area contributed by atoms with Crippen molar-refractivity contribution in [1.82, 2.24) is 0 Å². The van der Waals surface area contributed by atoms with E-state index in [0.29, 0.717) is 5.75 Å². The van der Waals surface area contributed by atoms with Gasteiger partial charge in [-0.05, 0) is 24.3 Å². The smallest absolute Gasteiger partial charge is 0.158 e. The zero-order chi connectivity index (χ0) is 11.2. The predicted molar refractivity (Wildman–Crippen MR) is 63.7 cm³/mol. The third kappa shape index (κ3) is 2.67. The highest BCUT2D eigenvalue weighted by atomic mass is 16.6. The van der Waals surface area contributed by atoms with Crippen LogP contribution in [0.3, 0.4) is 0 Å². The minimum atomic E-state index is 0.711.